The second-order valence-corrected chi connectivity index (χ2v) is 3.22. The Morgan fingerprint density at radius 2 is 2.20 bits per heavy atom. The number of hydrogen-bond donors (Lipinski definition) is 0. The average Bonchev–Trinajstić information content (AvgIpc) is 2.40. The molecule has 82 valence electrons. The molecule has 0 N–H and O–H groups in total. The van der Waals surface area contributed by atoms with Crippen molar-refractivity contribution in [1.82, 2.24) is 0 Å². The van der Waals surface area contributed by atoms with E-state index in [1.165, 1.54) is 6.08 Å². The second kappa shape index (κ2) is 5.49. The van der Waals surface area contributed by atoms with E-state index in [9.17, 15) is 9.18 Å². The van der Waals surface area contributed by atoms with Crippen LogP contribution in [-0.2, 0) is 9.53 Å². The van der Waals surface area contributed by atoms with E-state index in [1.807, 2.05) is 13.0 Å². The van der Waals surface area contributed by atoms with Gasteiger partial charge in [0, 0.05) is 6.42 Å². The van der Waals surface area contributed by atoms with E-state index in [0.29, 0.717) is 6.42 Å². The van der Waals surface area contributed by atoms with Gasteiger partial charge in [0.2, 0.25) is 0 Å². The van der Waals surface area contributed by atoms with Crippen LogP contribution in [-0.4, -0.2) is 12.6 Å². The van der Waals surface area contributed by atoms with Gasteiger partial charge in [-0.1, -0.05) is 24.6 Å². The first-order valence-corrected chi connectivity index (χ1v) is 5.11. The van der Waals surface area contributed by atoms with Gasteiger partial charge in [0.25, 0.3) is 0 Å². The van der Waals surface area contributed by atoms with E-state index < -0.39 is 11.8 Å². The first kappa shape index (κ1) is 11.7. The van der Waals surface area contributed by atoms with E-state index in [1.54, 1.807) is 13.0 Å². The Morgan fingerprint density at radius 3 is 2.80 bits per heavy atom. The van der Waals surface area contributed by atoms with Crippen LogP contribution in [0.15, 0.2) is 35.2 Å². The normalized spacial score (nSPS) is 16.1. The highest BCUT2D eigenvalue weighted by Crippen LogP contribution is 2.21. The molecule has 0 aromatic rings. The zero-order valence-electron chi connectivity index (χ0n) is 9.05. The summed E-state index contributed by atoms with van der Waals surface area (Å²) in [5.41, 5.74) is 1.14. The summed E-state index contributed by atoms with van der Waals surface area (Å²) >= 11 is 0. The van der Waals surface area contributed by atoms with Crippen LogP contribution in [0.4, 0.5) is 4.39 Å². The third-order valence-corrected chi connectivity index (χ3v) is 2.23. The van der Waals surface area contributed by atoms with Crippen molar-refractivity contribution >= 4 is 5.97 Å². The first-order chi connectivity index (χ1) is 7.19. The summed E-state index contributed by atoms with van der Waals surface area (Å²) in [5, 5.41) is 0. The van der Waals surface area contributed by atoms with E-state index in [4.69, 9.17) is 4.74 Å². The molecule has 1 rings (SSSR count). The third-order valence-electron chi connectivity index (χ3n) is 2.23. The Labute approximate surface area is 89.1 Å². The smallest absolute Gasteiger partial charge is 0.337 e. The van der Waals surface area contributed by atoms with Crippen LogP contribution in [0.5, 0.6) is 0 Å². The number of ether oxygens (including phenoxy) is 1. The maximum absolute atomic E-state index is 13.5. The largest absolute Gasteiger partial charge is 0.463 e. The summed E-state index contributed by atoms with van der Waals surface area (Å²) in [6, 6.07) is 0. The van der Waals surface area contributed by atoms with Crippen LogP contribution in [0.1, 0.15) is 26.7 Å². The zero-order valence-corrected chi connectivity index (χ0v) is 9.05. The van der Waals surface area contributed by atoms with Gasteiger partial charge in [0.15, 0.2) is 0 Å². The topological polar surface area (TPSA) is 26.3 Å². The van der Waals surface area contributed by atoms with Crippen molar-refractivity contribution in [3.05, 3.63) is 35.2 Å². The number of carbonyl (C=O) groups excluding carboxylic acids is 1. The predicted octanol–water partition coefficient (Wildman–Crippen LogP) is 3.07. The third kappa shape index (κ3) is 3.05. The van der Waals surface area contributed by atoms with Crippen molar-refractivity contribution in [2.75, 3.05) is 6.61 Å². The van der Waals surface area contributed by atoms with Crippen LogP contribution < -0.4 is 0 Å². The lowest BCUT2D eigenvalue weighted by Crippen LogP contribution is -2.08. The monoisotopic (exact) mass is 210 g/mol. The SMILES string of the molecule is CCOC(=O)C1=C(F)C=CC(CC)=CC1. The molecule has 0 spiro atoms. The van der Waals surface area contributed by atoms with Crippen molar-refractivity contribution in [1.29, 1.82) is 0 Å². The quantitative estimate of drug-likeness (QED) is 0.669. The fraction of sp³-hybridized carbons (Fsp3) is 0.417. The highest BCUT2D eigenvalue weighted by molar-refractivity contribution is 5.90. The maximum Gasteiger partial charge on any atom is 0.337 e. The molecule has 0 saturated heterocycles. The summed E-state index contributed by atoms with van der Waals surface area (Å²) < 4.78 is 18.2. The minimum Gasteiger partial charge on any atom is -0.463 e. The minimum atomic E-state index is -0.562. The fourth-order valence-corrected chi connectivity index (χ4v) is 1.34. The molecule has 0 aromatic heterocycles. The van der Waals surface area contributed by atoms with Crippen molar-refractivity contribution in [3.63, 3.8) is 0 Å². The highest BCUT2D eigenvalue weighted by atomic mass is 19.1. The summed E-state index contributed by atoms with van der Waals surface area (Å²) in [6.07, 6.45) is 6.02. The first-order valence-electron chi connectivity index (χ1n) is 5.11. The number of hydrogen-bond acceptors (Lipinski definition) is 2. The lowest BCUT2D eigenvalue weighted by molar-refractivity contribution is -0.138. The molecule has 0 aromatic carbocycles. The van der Waals surface area contributed by atoms with Crippen LogP contribution in [0, 0.1) is 0 Å². The molecule has 0 bridgehead atoms. The molecule has 0 radical (unpaired) electrons. The Kier molecular flexibility index (Phi) is 4.28. The summed E-state index contributed by atoms with van der Waals surface area (Å²) in [5.74, 6) is -1.05. The Hall–Kier alpha value is -1.38. The summed E-state index contributed by atoms with van der Waals surface area (Å²) in [6.45, 7) is 3.96. The van der Waals surface area contributed by atoms with E-state index >= 15 is 0 Å². The van der Waals surface area contributed by atoms with Gasteiger partial charge >= 0.3 is 5.97 Å². The molecule has 0 amide bonds. The number of allylic oxidation sites excluding steroid dienone is 5. The molecule has 0 atom stereocenters. The number of halogens is 1. The van der Waals surface area contributed by atoms with Crippen LogP contribution in [0.25, 0.3) is 0 Å². The molecule has 3 heteroatoms. The molecular formula is C12H15FO2. The Morgan fingerprint density at radius 1 is 1.47 bits per heavy atom. The number of carbonyl (C=O) groups is 1. The Balaban J connectivity index is 2.85. The molecule has 0 saturated carbocycles. The average molecular weight is 210 g/mol. The molecule has 15 heavy (non-hydrogen) atoms. The second-order valence-electron chi connectivity index (χ2n) is 3.22. The van der Waals surface area contributed by atoms with Crippen molar-refractivity contribution < 1.29 is 13.9 Å². The molecule has 1 aliphatic rings. The van der Waals surface area contributed by atoms with E-state index in [-0.39, 0.29) is 12.2 Å². The number of esters is 1. The zero-order chi connectivity index (χ0) is 11.3. The van der Waals surface area contributed by atoms with Crippen LogP contribution in [0.2, 0.25) is 0 Å². The van der Waals surface area contributed by atoms with Crippen molar-refractivity contribution in [3.8, 4) is 0 Å². The summed E-state index contributed by atoms with van der Waals surface area (Å²) in [7, 11) is 0. The fourth-order valence-electron chi connectivity index (χ4n) is 1.34. The maximum atomic E-state index is 13.5. The van der Waals surface area contributed by atoms with Gasteiger partial charge in [-0.15, -0.1) is 0 Å². The van der Waals surface area contributed by atoms with Gasteiger partial charge in [-0.25, -0.2) is 9.18 Å². The molecule has 2 nitrogen and oxygen atoms in total. The van der Waals surface area contributed by atoms with Crippen LogP contribution in [0.3, 0.4) is 0 Å². The summed E-state index contributed by atoms with van der Waals surface area (Å²) in [4.78, 5) is 11.4. The van der Waals surface area contributed by atoms with Gasteiger partial charge in [-0.3, -0.25) is 0 Å². The molecule has 1 aliphatic carbocycles. The Bertz CT molecular complexity index is 338. The molecule has 0 aliphatic heterocycles. The molecular weight excluding hydrogens is 195 g/mol. The lowest BCUT2D eigenvalue weighted by Gasteiger charge is -2.03. The van der Waals surface area contributed by atoms with Gasteiger partial charge in [0.1, 0.15) is 5.83 Å². The van der Waals surface area contributed by atoms with Gasteiger partial charge < -0.3 is 4.74 Å². The van der Waals surface area contributed by atoms with E-state index in [2.05, 4.69) is 0 Å². The van der Waals surface area contributed by atoms with Crippen molar-refractivity contribution in [2.45, 2.75) is 26.7 Å². The molecule has 0 fully saturated rings. The van der Waals surface area contributed by atoms with Crippen LogP contribution >= 0.6 is 0 Å². The minimum absolute atomic E-state index is 0.108. The van der Waals surface area contributed by atoms with Gasteiger partial charge in [-0.2, -0.15) is 0 Å². The molecule has 0 heterocycles. The predicted molar refractivity (Wildman–Crippen MR) is 56.9 cm³/mol. The van der Waals surface area contributed by atoms with Gasteiger partial charge in [0.05, 0.1) is 12.2 Å². The van der Waals surface area contributed by atoms with Crippen molar-refractivity contribution in [2.24, 2.45) is 0 Å². The number of rotatable bonds is 3. The lowest BCUT2D eigenvalue weighted by atomic mass is 10.1. The molecule has 0 unspecified atom stereocenters. The standard InChI is InChI=1S/C12H15FO2/c1-3-9-5-7-10(11(13)8-6-9)12(14)15-4-2/h5-6,8H,3-4,7H2,1-2H3. The van der Waals surface area contributed by atoms with E-state index in [0.717, 1.165) is 12.0 Å². The highest BCUT2D eigenvalue weighted by Gasteiger charge is 2.16. The van der Waals surface area contributed by atoms with Gasteiger partial charge in [-0.05, 0) is 19.4 Å².